The number of carbonyl (C=O) groups excluding carboxylic acids is 2. The van der Waals surface area contributed by atoms with E-state index in [9.17, 15) is 24.3 Å². The lowest BCUT2D eigenvalue weighted by atomic mass is 10.1. The molecule has 0 aliphatic rings. The second-order valence-corrected chi connectivity index (χ2v) is 9.68. The molecule has 2 amide bonds. The molecule has 3 rings (SSSR count). The average Bonchev–Trinajstić information content (AvgIpc) is 3.27. The topological polar surface area (TPSA) is 144 Å². The number of amides is 2. The number of anilines is 1. The van der Waals surface area contributed by atoms with Crippen LogP contribution in [0.4, 0.5) is 5.00 Å². The van der Waals surface area contributed by atoms with Gasteiger partial charge in [0.25, 0.3) is 11.5 Å². The van der Waals surface area contributed by atoms with E-state index < -0.39 is 17.9 Å². The van der Waals surface area contributed by atoms with Crippen LogP contribution in [0.1, 0.15) is 47.7 Å². The Labute approximate surface area is 206 Å². The molecule has 0 saturated carbocycles. The lowest BCUT2D eigenvalue weighted by Crippen LogP contribution is -2.41. The van der Waals surface area contributed by atoms with Gasteiger partial charge in [0, 0.05) is 26.1 Å². The molecule has 10 nitrogen and oxygen atoms in total. The summed E-state index contributed by atoms with van der Waals surface area (Å²) in [7, 11) is 1.86. The fourth-order valence-corrected chi connectivity index (χ4v) is 4.43. The Morgan fingerprint density at radius 3 is 2.60 bits per heavy atom. The largest absolute Gasteiger partial charge is 0.480 e. The number of aromatic amines is 1. The Morgan fingerprint density at radius 1 is 1.17 bits per heavy atom. The van der Waals surface area contributed by atoms with E-state index in [-0.39, 0.29) is 30.3 Å². The lowest BCUT2D eigenvalue weighted by molar-refractivity contribution is -0.139. The molecule has 0 aliphatic carbocycles. The van der Waals surface area contributed by atoms with Gasteiger partial charge in [-0.05, 0) is 57.0 Å². The summed E-state index contributed by atoms with van der Waals surface area (Å²) in [6.45, 7) is 5.86. The summed E-state index contributed by atoms with van der Waals surface area (Å²) in [4.78, 5) is 57.6. The monoisotopic (exact) mass is 499 g/mol. The first-order chi connectivity index (χ1) is 16.5. The van der Waals surface area contributed by atoms with Crippen molar-refractivity contribution in [1.82, 2.24) is 20.6 Å². The number of carbonyl (C=O) groups is 3. The molecule has 3 aromatic rings. The van der Waals surface area contributed by atoms with Gasteiger partial charge in [0.15, 0.2) is 0 Å². The van der Waals surface area contributed by atoms with Crippen molar-refractivity contribution in [2.75, 3.05) is 11.9 Å². The van der Waals surface area contributed by atoms with Gasteiger partial charge in [-0.25, -0.2) is 9.78 Å². The molecule has 35 heavy (non-hydrogen) atoms. The van der Waals surface area contributed by atoms with Crippen molar-refractivity contribution in [1.29, 1.82) is 0 Å². The van der Waals surface area contributed by atoms with Crippen LogP contribution in [0, 0.1) is 6.92 Å². The first-order valence-corrected chi connectivity index (χ1v) is 12.0. The third kappa shape index (κ3) is 6.89. The molecule has 0 fully saturated rings. The van der Waals surface area contributed by atoms with Crippen molar-refractivity contribution < 1.29 is 19.5 Å². The third-order valence-electron chi connectivity index (χ3n) is 5.21. The number of benzene rings is 1. The smallest absolute Gasteiger partial charge is 0.326 e. The summed E-state index contributed by atoms with van der Waals surface area (Å²) in [5.41, 5.74) is 1.34. The van der Waals surface area contributed by atoms with Crippen molar-refractivity contribution in [3.63, 3.8) is 0 Å². The molecule has 1 atom stereocenters. The van der Waals surface area contributed by atoms with Crippen LogP contribution in [-0.2, 0) is 16.1 Å². The molecule has 186 valence electrons. The number of fused-ring (bicyclic) bond motifs is 1. The molecule has 0 unspecified atom stereocenters. The number of carboxylic acids is 1. The molecule has 0 spiro atoms. The Morgan fingerprint density at radius 2 is 1.91 bits per heavy atom. The number of nitrogens with zero attached hydrogens (tertiary/aromatic N) is 2. The van der Waals surface area contributed by atoms with Crippen LogP contribution >= 0.6 is 11.3 Å². The number of carboxylic acid groups (broad SMARTS) is 1. The number of aryl methyl sites for hydroxylation is 1. The average molecular weight is 500 g/mol. The minimum absolute atomic E-state index is 0.00244. The van der Waals surface area contributed by atoms with Crippen LogP contribution in [0.2, 0.25) is 0 Å². The second kappa shape index (κ2) is 11.1. The van der Waals surface area contributed by atoms with Crippen LogP contribution in [0.5, 0.6) is 0 Å². The van der Waals surface area contributed by atoms with E-state index in [1.165, 1.54) is 11.3 Å². The predicted molar refractivity (Wildman–Crippen MR) is 135 cm³/mol. The van der Waals surface area contributed by atoms with Crippen molar-refractivity contribution in [3.05, 3.63) is 57.0 Å². The molecule has 2 heterocycles. The maximum atomic E-state index is 12.7. The molecule has 0 aliphatic heterocycles. The summed E-state index contributed by atoms with van der Waals surface area (Å²) in [5, 5.41) is 16.0. The number of aromatic nitrogens is 2. The molecule has 2 aromatic heterocycles. The van der Waals surface area contributed by atoms with Crippen LogP contribution < -0.4 is 21.1 Å². The van der Waals surface area contributed by atoms with E-state index in [1.807, 2.05) is 37.9 Å². The fraction of sp³-hybridized carbons (Fsp3) is 0.375. The van der Waals surface area contributed by atoms with Crippen molar-refractivity contribution >= 4 is 45.0 Å². The Balaban J connectivity index is 1.64. The van der Waals surface area contributed by atoms with Gasteiger partial charge in [0.2, 0.25) is 5.91 Å². The van der Waals surface area contributed by atoms with Crippen molar-refractivity contribution in [3.8, 4) is 0 Å². The van der Waals surface area contributed by atoms with Gasteiger partial charge in [-0.2, -0.15) is 0 Å². The van der Waals surface area contributed by atoms with Gasteiger partial charge in [0.05, 0.1) is 20.8 Å². The molecule has 0 bridgehead atoms. The van der Waals surface area contributed by atoms with Crippen molar-refractivity contribution in [2.24, 2.45) is 0 Å². The highest BCUT2D eigenvalue weighted by Gasteiger charge is 2.23. The van der Waals surface area contributed by atoms with E-state index in [2.05, 4.69) is 20.6 Å². The zero-order valence-corrected chi connectivity index (χ0v) is 20.9. The number of thiophene rings is 1. The molecule has 0 saturated heterocycles. The second-order valence-electron chi connectivity index (χ2n) is 8.62. The van der Waals surface area contributed by atoms with Gasteiger partial charge >= 0.3 is 5.97 Å². The van der Waals surface area contributed by atoms with Gasteiger partial charge < -0.3 is 25.6 Å². The fourth-order valence-electron chi connectivity index (χ4n) is 3.56. The van der Waals surface area contributed by atoms with Gasteiger partial charge in [-0.15, -0.1) is 11.3 Å². The number of hydrogen-bond donors (Lipinski definition) is 4. The lowest BCUT2D eigenvalue weighted by Gasteiger charge is -2.17. The molecular formula is C24H29N5O5S. The minimum atomic E-state index is -1.19. The Hall–Kier alpha value is -3.73. The summed E-state index contributed by atoms with van der Waals surface area (Å²) >= 11 is 1.22. The zero-order valence-electron chi connectivity index (χ0n) is 20.0. The predicted octanol–water partition coefficient (Wildman–Crippen LogP) is 2.42. The number of nitrogens with one attached hydrogen (secondary N) is 3. The Bertz CT molecular complexity index is 1300. The van der Waals surface area contributed by atoms with Crippen molar-refractivity contribution in [2.45, 2.75) is 52.2 Å². The molecule has 0 radical (unpaired) electrons. The first kappa shape index (κ1) is 25.9. The zero-order chi connectivity index (χ0) is 25.7. The first-order valence-electron chi connectivity index (χ1n) is 11.2. The van der Waals surface area contributed by atoms with Gasteiger partial charge in [-0.1, -0.05) is 6.07 Å². The maximum absolute atomic E-state index is 12.7. The van der Waals surface area contributed by atoms with Crippen LogP contribution in [0.15, 0.2) is 35.1 Å². The number of aliphatic carboxylic acids is 1. The Kier molecular flexibility index (Phi) is 8.23. The summed E-state index contributed by atoms with van der Waals surface area (Å²) < 4.78 is 0. The van der Waals surface area contributed by atoms with Crippen LogP contribution in [0.25, 0.3) is 10.9 Å². The minimum Gasteiger partial charge on any atom is -0.480 e. The number of hydrogen-bond acceptors (Lipinski definition) is 7. The maximum Gasteiger partial charge on any atom is 0.326 e. The van der Waals surface area contributed by atoms with E-state index >= 15 is 0 Å². The highest BCUT2D eigenvalue weighted by molar-refractivity contribution is 7.18. The quantitative estimate of drug-likeness (QED) is 0.335. The third-order valence-corrected chi connectivity index (χ3v) is 6.41. The molecule has 4 N–H and O–H groups in total. The normalized spacial score (nSPS) is 11.9. The SMILES string of the molecule is Cc1nc2ccc(CN(C)c3ccc(C(=O)N[C@@H](CCC(=O)NC(C)C)C(=O)O)s3)cc2c(=O)[nH]1. The number of H-pyrrole nitrogens is 1. The molecular weight excluding hydrogens is 470 g/mol. The summed E-state index contributed by atoms with van der Waals surface area (Å²) in [5.74, 6) is -1.41. The highest BCUT2D eigenvalue weighted by atomic mass is 32.1. The summed E-state index contributed by atoms with van der Waals surface area (Å²) in [6.07, 6.45) is -0.00915. The number of rotatable bonds is 10. The van der Waals surface area contributed by atoms with Crippen LogP contribution in [0.3, 0.4) is 0 Å². The van der Waals surface area contributed by atoms with Crippen LogP contribution in [-0.4, -0.2) is 52.0 Å². The van der Waals surface area contributed by atoms with E-state index in [0.717, 1.165) is 10.6 Å². The van der Waals surface area contributed by atoms with E-state index in [1.54, 1.807) is 25.1 Å². The van der Waals surface area contributed by atoms with E-state index in [0.29, 0.717) is 28.1 Å². The van der Waals surface area contributed by atoms with Gasteiger partial charge in [0.1, 0.15) is 11.9 Å². The summed E-state index contributed by atoms with van der Waals surface area (Å²) in [6, 6.07) is 7.71. The van der Waals surface area contributed by atoms with E-state index in [4.69, 9.17) is 0 Å². The standard InChI is InChI=1S/C24H29N5O5S/c1-13(2)25-20(30)9-7-18(24(33)34)28-23(32)19-8-10-21(35-19)29(4)12-15-5-6-17-16(11-15)22(31)27-14(3)26-17/h5-6,8,10-11,13,18H,7,9,12H2,1-4H3,(H,25,30)(H,28,32)(H,33,34)(H,26,27,31)/t18-/m0/s1. The van der Waals surface area contributed by atoms with Gasteiger partial charge in [-0.3, -0.25) is 14.4 Å². The molecule has 1 aromatic carbocycles. The highest BCUT2D eigenvalue weighted by Crippen LogP contribution is 2.27. The molecule has 11 heteroatoms.